The van der Waals surface area contributed by atoms with Crippen LogP contribution in [0.15, 0.2) is 30.3 Å². The SMILES string of the molecule is Cc1cc(C(=O)NCc2ccccc2Cl)nc(NC(C)(C)C)n1. The molecule has 0 atom stereocenters. The number of carbonyl (C=O) groups is 1. The standard InChI is InChI=1S/C17H21ClN4O/c1-11-9-14(21-16(20-11)22-17(2,3)4)15(23)19-10-12-7-5-6-8-13(12)18/h5-9H,10H2,1-4H3,(H,19,23)(H,20,21,22). The largest absolute Gasteiger partial charge is 0.350 e. The van der Waals surface area contributed by atoms with Gasteiger partial charge in [-0.25, -0.2) is 9.97 Å². The smallest absolute Gasteiger partial charge is 0.270 e. The number of anilines is 1. The molecule has 0 saturated carbocycles. The van der Waals surface area contributed by atoms with E-state index in [-0.39, 0.29) is 11.4 Å². The first-order valence-electron chi connectivity index (χ1n) is 7.40. The minimum Gasteiger partial charge on any atom is -0.350 e. The molecule has 1 aromatic heterocycles. The van der Waals surface area contributed by atoms with Gasteiger partial charge < -0.3 is 10.6 Å². The van der Waals surface area contributed by atoms with Crippen molar-refractivity contribution in [3.8, 4) is 0 Å². The molecule has 1 amide bonds. The monoisotopic (exact) mass is 332 g/mol. The molecule has 23 heavy (non-hydrogen) atoms. The van der Waals surface area contributed by atoms with Crippen molar-refractivity contribution >= 4 is 23.5 Å². The summed E-state index contributed by atoms with van der Waals surface area (Å²) in [5, 5.41) is 6.64. The lowest BCUT2D eigenvalue weighted by molar-refractivity contribution is 0.0945. The number of amides is 1. The normalized spacial score (nSPS) is 11.2. The Morgan fingerprint density at radius 3 is 2.57 bits per heavy atom. The van der Waals surface area contributed by atoms with Gasteiger partial charge in [-0.15, -0.1) is 0 Å². The minimum atomic E-state index is -0.257. The van der Waals surface area contributed by atoms with Gasteiger partial charge in [0.25, 0.3) is 5.91 Å². The summed E-state index contributed by atoms with van der Waals surface area (Å²) in [5.74, 6) is 0.188. The van der Waals surface area contributed by atoms with E-state index in [1.165, 1.54) is 0 Å². The molecule has 0 bridgehead atoms. The number of benzene rings is 1. The molecule has 2 rings (SSSR count). The Morgan fingerprint density at radius 1 is 1.22 bits per heavy atom. The Balaban J connectivity index is 2.11. The third kappa shape index (κ3) is 5.21. The lowest BCUT2D eigenvalue weighted by Crippen LogP contribution is -2.29. The maximum atomic E-state index is 12.3. The van der Waals surface area contributed by atoms with Gasteiger partial charge in [0.2, 0.25) is 5.95 Å². The van der Waals surface area contributed by atoms with Crippen LogP contribution in [0.5, 0.6) is 0 Å². The number of rotatable bonds is 4. The molecule has 122 valence electrons. The van der Waals surface area contributed by atoms with Gasteiger partial charge in [0.15, 0.2) is 0 Å². The molecule has 0 saturated heterocycles. The average molecular weight is 333 g/mol. The van der Waals surface area contributed by atoms with E-state index in [0.29, 0.717) is 23.2 Å². The highest BCUT2D eigenvalue weighted by Crippen LogP contribution is 2.15. The van der Waals surface area contributed by atoms with Gasteiger partial charge >= 0.3 is 0 Å². The second-order valence-electron chi connectivity index (χ2n) is 6.37. The Hall–Kier alpha value is -2.14. The van der Waals surface area contributed by atoms with Gasteiger partial charge in [0.05, 0.1) is 0 Å². The number of hydrogen-bond donors (Lipinski definition) is 2. The first-order valence-corrected chi connectivity index (χ1v) is 7.78. The van der Waals surface area contributed by atoms with Gasteiger partial charge in [-0.2, -0.15) is 0 Å². The van der Waals surface area contributed by atoms with Crippen LogP contribution in [-0.2, 0) is 6.54 Å². The number of aromatic nitrogens is 2. The Bertz CT molecular complexity index is 710. The van der Waals surface area contributed by atoms with Crippen LogP contribution < -0.4 is 10.6 Å². The average Bonchev–Trinajstić information content (AvgIpc) is 2.43. The van der Waals surface area contributed by atoms with Crippen molar-refractivity contribution in [2.75, 3.05) is 5.32 Å². The molecule has 0 unspecified atom stereocenters. The van der Waals surface area contributed by atoms with Crippen molar-refractivity contribution in [2.45, 2.75) is 39.8 Å². The van der Waals surface area contributed by atoms with Gasteiger partial charge in [-0.1, -0.05) is 29.8 Å². The van der Waals surface area contributed by atoms with E-state index in [1.807, 2.05) is 45.9 Å². The van der Waals surface area contributed by atoms with Gasteiger partial charge in [-0.05, 0) is 45.4 Å². The number of halogens is 1. The summed E-state index contributed by atoms with van der Waals surface area (Å²) >= 11 is 6.09. The molecule has 0 fully saturated rings. The summed E-state index contributed by atoms with van der Waals surface area (Å²) in [5.41, 5.74) is 1.74. The summed E-state index contributed by atoms with van der Waals surface area (Å²) in [6.07, 6.45) is 0. The molecule has 0 radical (unpaired) electrons. The Labute approximate surface area is 141 Å². The Morgan fingerprint density at radius 2 is 1.91 bits per heavy atom. The summed E-state index contributed by atoms with van der Waals surface area (Å²) in [6, 6.07) is 9.07. The van der Waals surface area contributed by atoms with Crippen molar-refractivity contribution in [1.82, 2.24) is 15.3 Å². The maximum absolute atomic E-state index is 12.3. The van der Waals surface area contributed by atoms with E-state index < -0.39 is 0 Å². The second-order valence-corrected chi connectivity index (χ2v) is 6.77. The van der Waals surface area contributed by atoms with Crippen molar-refractivity contribution < 1.29 is 4.79 Å². The van der Waals surface area contributed by atoms with Crippen molar-refractivity contribution in [3.63, 3.8) is 0 Å². The molecule has 0 aliphatic carbocycles. The quantitative estimate of drug-likeness (QED) is 0.898. The van der Waals surface area contributed by atoms with Crippen LogP contribution >= 0.6 is 11.6 Å². The molecule has 6 heteroatoms. The van der Waals surface area contributed by atoms with Crippen molar-refractivity contribution in [1.29, 1.82) is 0 Å². The first kappa shape index (κ1) is 17.2. The predicted octanol–water partition coefficient (Wildman–Crippen LogP) is 3.58. The third-order valence-corrected chi connectivity index (χ3v) is 3.34. The van der Waals surface area contributed by atoms with E-state index in [0.717, 1.165) is 11.3 Å². The zero-order valence-corrected chi connectivity index (χ0v) is 14.5. The van der Waals surface area contributed by atoms with Gasteiger partial charge in [0.1, 0.15) is 5.69 Å². The molecule has 1 heterocycles. The molecule has 0 aliphatic rings. The van der Waals surface area contributed by atoms with E-state index in [4.69, 9.17) is 11.6 Å². The highest BCUT2D eigenvalue weighted by atomic mass is 35.5. The van der Waals surface area contributed by atoms with Crippen LogP contribution in [-0.4, -0.2) is 21.4 Å². The van der Waals surface area contributed by atoms with Crippen molar-refractivity contribution in [2.24, 2.45) is 0 Å². The maximum Gasteiger partial charge on any atom is 0.270 e. The molecule has 5 nitrogen and oxygen atoms in total. The fraction of sp³-hybridized carbons (Fsp3) is 0.353. The molecule has 1 aromatic carbocycles. The zero-order valence-electron chi connectivity index (χ0n) is 13.8. The highest BCUT2D eigenvalue weighted by Gasteiger charge is 2.15. The molecule has 0 aliphatic heterocycles. The number of nitrogens with one attached hydrogen (secondary N) is 2. The molecular formula is C17H21ClN4O. The van der Waals surface area contributed by atoms with Gasteiger partial charge in [0, 0.05) is 22.8 Å². The van der Waals surface area contributed by atoms with Gasteiger partial charge in [-0.3, -0.25) is 4.79 Å². The summed E-state index contributed by atoms with van der Waals surface area (Å²) in [6.45, 7) is 8.21. The second kappa shape index (κ2) is 6.96. The van der Waals surface area contributed by atoms with E-state index in [2.05, 4.69) is 20.6 Å². The van der Waals surface area contributed by atoms with Crippen LogP contribution in [0.1, 0.15) is 42.5 Å². The summed E-state index contributed by atoms with van der Waals surface area (Å²) in [4.78, 5) is 20.9. The fourth-order valence-corrected chi connectivity index (χ4v) is 2.19. The van der Waals surface area contributed by atoms with Crippen LogP contribution in [0, 0.1) is 6.92 Å². The van der Waals surface area contributed by atoms with Crippen LogP contribution in [0.2, 0.25) is 5.02 Å². The summed E-state index contributed by atoms with van der Waals surface area (Å²) in [7, 11) is 0. The fourth-order valence-electron chi connectivity index (χ4n) is 1.98. The van der Waals surface area contributed by atoms with E-state index in [9.17, 15) is 4.79 Å². The molecular weight excluding hydrogens is 312 g/mol. The number of hydrogen-bond acceptors (Lipinski definition) is 4. The van der Waals surface area contributed by atoms with Crippen LogP contribution in [0.3, 0.4) is 0 Å². The summed E-state index contributed by atoms with van der Waals surface area (Å²) < 4.78 is 0. The van der Waals surface area contributed by atoms with Crippen LogP contribution in [0.4, 0.5) is 5.95 Å². The number of nitrogens with zero attached hydrogens (tertiary/aromatic N) is 2. The topological polar surface area (TPSA) is 66.9 Å². The Kier molecular flexibility index (Phi) is 5.21. The molecule has 0 spiro atoms. The number of aryl methyl sites for hydroxylation is 1. The molecule has 2 N–H and O–H groups in total. The lowest BCUT2D eigenvalue weighted by Gasteiger charge is -2.20. The minimum absolute atomic E-state index is 0.181. The van der Waals surface area contributed by atoms with Crippen molar-refractivity contribution in [3.05, 3.63) is 52.3 Å². The van der Waals surface area contributed by atoms with E-state index in [1.54, 1.807) is 12.1 Å². The molecule has 2 aromatic rings. The van der Waals surface area contributed by atoms with Crippen LogP contribution in [0.25, 0.3) is 0 Å². The first-order chi connectivity index (χ1) is 10.7. The third-order valence-electron chi connectivity index (χ3n) is 2.97. The zero-order chi connectivity index (χ0) is 17.0. The van der Waals surface area contributed by atoms with E-state index >= 15 is 0 Å². The lowest BCUT2D eigenvalue weighted by atomic mass is 10.1. The predicted molar refractivity (Wildman–Crippen MR) is 92.8 cm³/mol. The highest BCUT2D eigenvalue weighted by molar-refractivity contribution is 6.31. The number of carbonyl (C=O) groups excluding carboxylic acids is 1.